The molecule has 0 aliphatic carbocycles. The molecule has 1 aliphatic heterocycles. The van der Waals surface area contributed by atoms with Crippen LogP contribution in [-0.4, -0.2) is 47.6 Å². The molecule has 0 saturated heterocycles. The van der Waals surface area contributed by atoms with Crippen molar-refractivity contribution < 1.29 is 0 Å². The maximum atomic E-state index is 6.57. The molecule has 3 aromatic rings. The van der Waals surface area contributed by atoms with Crippen LogP contribution in [0.4, 0.5) is 17.5 Å². The molecule has 4 rings (SSSR count). The number of rotatable bonds is 8. The summed E-state index contributed by atoms with van der Waals surface area (Å²) >= 11 is 13.1. The first-order valence-corrected chi connectivity index (χ1v) is 11.7. The van der Waals surface area contributed by atoms with Crippen molar-refractivity contribution in [3.63, 3.8) is 0 Å². The molecule has 0 fully saturated rings. The predicted molar refractivity (Wildman–Crippen MR) is 136 cm³/mol. The van der Waals surface area contributed by atoms with E-state index in [0.717, 1.165) is 54.5 Å². The molecule has 1 aliphatic rings. The molecule has 0 spiro atoms. The maximum absolute atomic E-state index is 6.57. The van der Waals surface area contributed by atoms with Gasteiger partial charge in [-0.2, -0.15) is 4.98 Å². The quantitative estimate of drug-likeness (QED) is 0.416. The van der Waals surface area contributed by atoms with Crippen molar-refractivity contribution >= 4 is 46.7 Å². The number of benzene rings is 2. The molecule has 0 radical (unpaired) electrons. The Morgan fingerprint density at radius 2 is 1.69 bits per heavy atom. The molecule has 0 bridgehead atoms. The topological polar surface area (TPSA) is 44.3 Å². The van der Waals surface area contributed by atoms with Crippen LogP contribution in [0.1, 0.15) is 19.4 Å². The van der Waals surface area contributed by atoms with Crippen molar-refractivity contribution in [3.8, 4) is 11.3 Å². The third kappa shape index (κ3) is 4.75. The van der Waals surface area contributed by atoms with Crippen molar-refractivity contribution in [3.05, 3.63) is 70.2 Å². The summed E-state index contributed by atoms with van der Waals surface area (Å²) in [4.78, 5) is 14.3. The summed E-state index contributed by atoms with van der Waals surface area (Å²) in [6.45, 7) is 8.71. The zero-order chi connectivity index (χ0) is 22.5. The molecule has 0 unspecified atom stereocenters. The van der Waals surface area contributed by atoms with E-state index < -0.39 is 0 Å². The van der Waals surface area contributed by atoms with E-state index in [1.54, 1.807) is 0 Å². The van der Waals surface area contributed by atoms with Crippen LogP contribution in [0.3, 0.4) is 0 Å². The highest BCUT2D eigenvalue weighted by molar-refractivity contribution is 6.34. The lowest BCUT2D eigenvalue weighted by Gasteiger charge is -2.29. The molecule has 32 heavy (non-hydrogen) atoms. The highest BCUT2D eigenvalue weighted by Gasteiger charge is 2.24. The predicted octanol–water partition coefficient (Wildman–Crippen LogP) is 6.37. The number of halogens is 2. The van der Waals surface area contributed by atoms with Crippen molar-refractivity contribution in [2.24, 2.45) is 0 Å². The number of hydrogen-bond donors (Lipinski definition) is 1. The van der Waals surface area contributed by atoms with Crippen LogP contribution in [0.25, 0.3) is 17.3 Å². The molecule has 5 nitrogen and oxygen atoms in total. The summed E-state index contributed by atoms with van der Waals surface area (Å²) < 4.78 is 0. The Morgan fingerprint density at radius 1 is 0.969 bits per heavy atom. The number of hydrogen-bond acceptors (Lipinski definition) is 5. The van der Waals surface area contributed by atoms with Crippen molar-refractivity contribution in [2.75, 3.05) is 42.9 Å². The van der Waals surface area contributed by atoms with Crippen molar-refractivity contribution in [1.29, 1.82) is 0 Å². The largest absolute Gasteiger partial charge is 0.353 e. The van der Waals surface area contributed by atoms with Gasteiger partial charge in [-0.1, -0.05) is 79.5 Å². The summed E-state index contributed by atoms with van der Waals surface area (Å²) in [5.74, 6) is 1.40. The Morgan fingerprint density at radius 3 is 2.41 bits per heavy atom. The summed E-state index contributed by atoms with van der Waals surface area (Å²) in [5, 5.41) is 4.76. The van der Waals surface area contributed by atoms with Gasteiger partial charge in [0.1, 0.15) is 5.82 Å². The average molecular weight is 468 g/mol. The number of fused-ring (bicyclic) bond motifs is 1. The standard InChI is InChI=1S/C25H27Cl2N5/c1-3-31(4-2)17-15-28-25-29-23(18-10-5-6-12-20(18)26)19-11-9-16-32(24(19)30-25)22-14-8-7-13-21(22)27/h5-14H,3-4,15-17H2,1-2H3,(H,28,29,30). The molecular formula is C25H27Cl2N5. The van der Waals surface area contributed by atoms with Gasteiger partial charge in [0.15, 0.2) is 0 Å². The Labute approximate surface area is 199 Å². The van der Waals surface area contributed by atoms with E-state index in [1.165, 1.54) is 0 Å². The second-order valence-corrected chi connectivity index (χ2v) is 8.35. The van der Waals surface area contributed by atoms with Gasteiger partial charge in [-0.25, -0.2) is 4.98 Å². The lowest BCUT2D eigenvalue weighted by molar-refractivity contribution is 0.316. The molecule has 1 aromatic heterocycles. The molecule has 0 amide bonds. The van der Waals surface area contributed by atoms with Gasteiger partial charge in [0.25, 0.3) is 0 Å². The minimum Gasteiger partial charge on any atom is -0.353 e. The number of aromatic nitrogens is 2. The van der Waals surface area contributed by atoms with Crippen LogP contribution in [0.5, 0.6) is 0 Å². The Bertz CT molecular complexity index is 1110. The van der Waals surface area contributed by atoms with Gasteiger partial charge in [-0.3, -0.25) is 0 Å². The van der Waals surface area contributed by atoms with E-state index in [9.17, 15) is 0 Å². The monoisotopic (exact) mass is 467 g/mol. The van der Waals surface area contributed by atoms with Crippen LogP contribution in [0.15, 0.2) is 54.6 Å². The molecule has 2 aromatic carbocycles. The molecule has 2 heterocycles. The van der Waals surface area contributed by atoms with Gasteiger partial charge in [0.05, 0.1) is 16.4 Å². The highest BCUT2D eigenvalue weighted by Crippen LogP contribution is 2.40. The minimum atomic E-state index is 0.582. The summed E-state index contributed by atoms with van der Waals surface area (Å²) in [6, 6.07) is 15.6. The van der Waals surface area contributed by atoms with E-state index >= 15 is 0 Å². The zero-order valence-electron chi connectivity index (χ0n) is 18.4. The summed E-state index contributed by atoms with van der Waals surface area (Å²) in [5.41, 5.74) is 3.53. The molecule has 0 saturated carbocycles. The maximum Gasteiger partial charge on any atom is 0.225 e. The first kappa shape index (κ1) is 22.6. The fourth-order valence-corrected chi connectivity index (χ4v) is 4.33. The summed E-state index contributed by atoms with van der Waals surface area (Å²) in [6.07, 6.45) is 4.17. The normalized spacial score (nSPS) is 12.8. The molecular weight excluding hydrogens is 441 g/mol. The number of anilines is 3. The Kier molecular flexibility index (Phi) is 7.30. The smallest absolute Gasteiger partial charge is 0.225 e. The van der Waals surface area contributed by atoms with Crippen LogP contribution >= 0.6 is 23.2 Å². The zero-order valence-corrected chi connectivity index (χ0v) is 19.9. The third-order valence-corrected chi connectivity index (χ3v) is 6.28. The lowest BCUT2D eigenvalue weighted by Crippen LogP contribution is -2.29. The number of likely N-dealkylation sites (N-methyl/N-ethyl adjacent to an activating group) is 1. The van der Waals surface area contributed by atoms with E-state index in [2.05, 4.69) is 41.1 Å². The van der Waals surface area contributed by atoms with E-state index in [1.807, 2.05) is 48.5 Å². The second kappa shape index (κ2) is 10.3. The fourth-order valence-electron chi connectivity index (χ4n) is 3.87. The second-order valence-electron chi connectivity index (χ2n) is 7.53. The fraction of sp³-hybridized carbons (Fsp3) is 0.280. The number of para-hydroxylation sites is 1. The van der Waals surface area contributed by atoms with E-state index in [-0.39, 0.29) is 0 Å². The van der Waals surface area contributed by atoms with Crippen LogP contribution in [0.2, 0.25) is 10.0 Å². The van der Waals surface area contributed by atoms with Crippen LogP contribution < -0.4 is 10.2 Å². The van der Waals surface area contributed by atoms with Gasteiger partial charge < -0.3 is 15.1 Å². The summed E-state index contributed by atoms with van der Waals surface area (Å²) in [7, 11) is 0. The Hall–Kier alpha value is -2.60. The first-order valence-electron chi connectivity index (χ1n) is 10.9. The number of nitrogens with zero attached hydrogens (tertiary/aromatic N) is 4. The molecule has 0 atom stereocenters. The van der Waals surface area contributed by atoms with Gasteiger partial charge >= 0.3 is 0 Å². The third-order valence-electron chi connectivity index (χ3n) is 5.63. The first-order chi connectivity index (χ1) is 15.6. The molecule has 1 N–H and O–H groups in total. The van der Waals surface area contributed by atoms with Gasteiger partial charge in [0.2, 0.25) is 5.95 Å². The van der Waals surface area contributed by atoms with Gasteiger partial charge in [0, 0.05) is 35.8 Å². The SMILES string of the molecule is CCN(CC)CCNc1nc(-c2ccccc2Cl)c2c(n1)N(c1ccccc1Cl)CC=C2. The molecule has 7 heteroatoms. The lowest BCUT2D eigenvalue weighted by atomic mass is 10.0. The average Bonchev–Trinajstić information content (AvgIpc) is 2.82. The van der Waals surface area contributed by atoms with Gasteiger partial charge in [-0.05, 0) is 31.3 Å². The van der Waals surface area contributed by atoms with E-state index in [4.69, 9.17) is 33.2 Å². The van der Waals surface area contributed by atoms with Crippen LogP contribution in [-0.2, 0) is 0 Å². The van der Waals surface area contributed by atoms with Gasteiger partial charge in [-0.15, -0.1) is 0 Å². The molecule has 166 valence electrons. The van der Waals surface area contributed by atoms with E-state index in [0.29, 0.717) is 22.5 Å². The Balaban J connectivity index is 1.79. The van der Waals surface area contributed by atoms with Crippen LogP contribution in [0, 0.1) is 0 Å². The van der Waals surface area contributed by atoms with Crippen molar-refractivity contribution in [1.82, 2.24) is 14.9 Å². The van der Waals surface area contributed by atoms with Crippen molar-refractivity contribution in [2.45, 2.75) is 13.8 Å². The number of nitrogens with one attached hydrogen (secondary N) is 1. The highest BCUT2D eigenvalue weighted by atomic mass is 35.5. The minimum absolute atomic E-state index is 0.582.